The summed E-state index contributed by atoms with van der Waals surface area (Å²) in [6.45, 7) is -4.49. The Bertz CT molecular complexity index is 1790. The molecule has 0 saturated carbocycles. The van der Waals surface area contributed by atoms with Crippen LogP contribution in [0.15, 0.2) is 23.6 Å². The molecule has 2 fully saturated rings. The number of nitrogen functional groups attached to an aromatic ring is 2. The molecule has 0 amide bonds. The van der Waals surface area contributed by atoms with Crippen molar-refractivity contribution in [2.75, 3.05) is 24.7 Å². The van der Waals surface area contributed by atoms with Crippen LogP contribution in [0.5, 0.6) is 0 Å². The molecule has 4 aromatic heterocycles. The molecule has 8 atom stereocenters. The monoisotopic (exact) mass is 691 g/mol. The molecule has 18 nitrogen and oxygen atoms in total. The number of imidazole rings is 2. The number of nitrogens with one attached hydrogen (secondary N) is 1. The van der Waals surface area contributed by atoms with Crippen LogP contribution in [0.25, 0.3) is 16.8 Å². The van der Waals surface area contributed by atoms with Crippen molar-refractivity contribution < 1.29 is 33.0 Å². The first-order chi connectivity index (χ1) is 20.5. The summed E-state index contributed by atoms with van der Waals surface area (Å²) >= 11 is 14.7. The lowest BCUT2D eigenvalue weighted by Gasteiger charge is -2.25. The third-order valence-electron chi connectivity index (χ3n) is 6.86. The number of aliphatic hydroxyl groups excluding tert-OH is 1. The van der Waals surface area contributed by atoms with Crippen molar-refractivity contribution in [1.82, 2.24) is 39.1 Å². The lowest BCUT2D eigenvalue weighted by atomic mass is 10.1. The van der Waals surface area contributed by atoms with Gasteiger partial charge in [-0.3, -0.25) is 14.3 Å². The number of H-pyrrole nitrogens is 1. The van der Waals surface area contributed by atoms with Gasteiger partial charge < -0.3 is 40.0 Å². The Labute approximate surface area is 258 Å². The molecule has 6 rings (SSSR count). The van der Waals surface area contributed by atoms with E-state index in [0.717, 1.165) is 0 Å². The van der Waals surface area contributed by atoms with Gasteiger partial charge >= 0.3 is 12.8 Å². The summed E-state index contributed by atoms with van der Waals surface area (Å²) < 4.78 is 32.5. The molecule has 4 aromatic rings. The van der Waals surface area contributed by atoms with Crippen molar-refractivity contribution in [1.29, 1.82) is 0 Å². The molecule has 0 radical (unpaired) electrons. The highest BCUT2D eigenvalue weighted by Crippen LogP contribution is 2.51. The Hall–Kier alpha value is -2.26. The van der Waals surface area contributed by atoms with Gasteiger partial charge in [0.05, 0.1) is 37.5 Å². The minimum atomic E-state index is -3.94. The first kappa shape index (κ1) is 30.8. The van der Waals surface area contributed by atoms with Crippen molar-refractivity contribution in [3.05, 3.63) is 34.9 Å². The number of aromatic amines is 1. The molecule has 2 aliphatic heterocycles. The Morgan fingerprint density at radius 1 is 1.23 bits per heavy atom. The largest absolute Gasteiger partial charge is 0.411 e. The van der Waals surface area contributed by atoms with E-state index in [-0.39, 0.29) is 42.6 Å². The number of nitrogens with two attached hydrogens (primary N) is 2. The van der Waals surface area contributed by atoms with Gasteiger partial charge in [0, 0.05) is 12.8 Å². The smallest absolute Gasteiger partial charge is 0.394 e. The maximum absolute atomic E-state index is 12.3. The number of hydrogen-bond donors (Lipinski definition) is 6. The Morgan fingerprint density at radius 3 is 2.81 bits per heavy atom. The van der Waals surface area contributed by atoms with Crippen LogP contribution in [0.2, 0.25) is 0 Å². The van der Waals surface area contributed by atoms with E-state index in [1.165, 1.54) is 21.7 Å². The third-order valence-corrected chi connectivity index (χ3v) is 9.44. The standard InChI is InChI=1S/C20H24N10O8P2S3/c21-15-17-23-3-9(30(17)26-6-24-15)10-2-11(37-39(41)42)13(36-10)5-34-40(33,43)38-12-1-8(4-31)35-19(12)29-7-25-14-16(29)27-20(22)28-18(14)32/h3,6-8,10-13,19,31H,1-2,4-5H2,(H6-,21,22,24,26,27,28,32,33,41,42,43)/p+1/t8-,10+,11-,12+,13+,19+,40?/m0/s1. The van der Waals surface area contributed by atoms with Crippen molar-refractivity contribution in [3.63, 3.8) is 0 Å². The molecule has 230 valence electrons. The Morgan fingerprint density at radius 2 is 2.05 bits per heavy atom. The van der Waals surface area contributed by atoms with Gasteiger partial charge in [0.15, 0.2) is 28.9 Å². The topological polar surface area (TPSA) is 245 Å². The highest BCUT2D eigenvalue weighted by atomic mass is 32.9. The van der Waals surface area contributed by atoms with Crippen LogP contribution >= 0.6 is 25.1 Å². The average molecular weight is 692 g/mol. The van der Waals surface area contributed by atoms with Gasteiger partial charge in [-0.1, -0.05) is 0 Å². The van der Waals surface area contributed by atoms with Crippen LogP contribution < -0.4 is 17.0 Å². The maximum Gasteiger partial charge on any atom is 0.411 e. The normalized spacial score (nSPS) is 27.7. The molecule has 23 heteroatoms. The van der Waals surface area contributed by atoms with Crippen molar-refractivity contribution >= 4 is 77.3 Å². The summed E-state index contributed by atoms with van der Waals surface area (Å²) in [6, 6.07) is 0. The van der Waals surface area contributed by atoms with Crippen molar-refractivity contribution in [2.45, 2.75) is 49.6 Å². The summed E-state index contributed by atoms with van der Waals surface area (Å²) in [5.41, 5.74) is 12.2. The van der Waals surface area contributed by atoms with E-state index in [9.17, 15) is 14.8 Å². The second-order valence-electron chi connectivity index (χ2n) is 9.59. The highest BCUT2D eigenvalue weighted by molar-refractivity contribution is 8.54. The predicted octanol–water partition coefficient (Wildman–Crippen LogP) is 0.239. The molecule has 0 bridgehead atoms. The predicted molar refractivity (Wildman–Crippen MR) is 161 cm³/mol. The van der Waals surface area contributed by atoms with Crippen molar-refractivity contribution in [3.8, 4) is 0 Å². The number of aromatic nitrogens is 8. The molecule has 2 saturated heterocycles. The highest BCUT2D eigenvalue weighted by Gasteiger charge is 2.45. The first-order valence-corrected chi connectivity index (χ1v) is 18.6. The molecule has 0 aliphatic carbocycles. The number of ether oxygens (including phenoxy) is 2. The lowest BCUT2D eigenvalue weighted by molar-refractivity contribution is -0.0495. The van der Waals surface area contributed by atoms with E-state index in [1.54, 1.807) is 6.20 Å². The summed E-state index contributed by atoms with van der Waals surface area (Å²) in [5.74, 6) is 0.0846. The number of anilines is 2. The van der Waals surface area contributed by atoms with Gasteiger partial charge in [-0.25, -0.2) is 19.5 Å². The molecule has 0 aromatic carbocycles. The van der Waals surface area contributed by atoms with E-state index in [4.69, 9.17) is 58.1 Å². The third kappa shape index (κ3) is 6.31. The van der Waals surface area contributed by atoms with Gasteiger partial charge in [0.2, 0.25) is 17.8 Å². The number of aliphatic hydroxyl groups is 1. The zero-order valence-electron chi connectivity index (χ0n) is 21.8. The number of hydrogen-bond acceptors (Lipinski definition) is 16. The van der Waals surface area contributed by atoms with Gasteiger partial charge in [-0.2, -0.15) is 14.6 Å². The van der Waals surface area contributed by atoms with E-state index in [0.29, 0.717) is 17.8 Å². The summed E-state index contributed by atoms with van der Waals surface area (Å²) in [7, 11) is 0. The van der Waals surface area contributed by atoms with Crippen LogP contribution in [0.1, 0.15) is 30.9 Å². The van der Waals surface area contributed by atoms with Crippen LogP contribution in [0, 0.1) is 0 Å². The molecule has 0 spiro atoms. The summed E-state index contributed by atoms with van der Waals surface area (Å²) in [6.07, 6.45) is -1.10. The lowest BCUT2D eigenvalue weighted by Crippen LogP contribution is -2.28. The fraction of sp³-hybridized carbons (Fsp3) is 0.500. The maximum atomic E-state index is 12.3. The summed E-state index contributed by atoms with van der Waals surface area (Å²) in [5, 5.41) is 14.0. The quantitative estimate of drug-likeness (QED) is 0.0963. The van der Waals surface area contributed by atoms with Gasteiger partial charge in [-0.15, -0.1) is 0 Å². The van der Waals surface area contributed by atoms with E-state index >= 15 is 0 Å². The molecule has 43 heavy (non-hydrogen) atoms. The fourth-order valence-electron chi connectivity index (χ4n) is 5.02. The average Bonchev–Trinajstić information content (AvgIpc) is 3.72. The van der Waals surface area contributed by atoms with Crippen molar-refractivity contribution in [2.24, 2.45) is 0 Å². The number of nitrogens with zero attached hydrogens (tertiary/aromatic N) is 7. The second kappa shape index (κ2) is 12.3. The van der Waals surface area contributed by atoms with E-state index in [2.05, 4.69) is 42.3 Å². The molecule has 7 N–H and O–H groups in total. The molecule has 2 aliphatic rings. The molecule has 6 heterocycles. The van der Waals surface area contributed by atoms with E-state index in [1.807, 2.05) is 0 Å². The Balaban J connectivity index is 1.18. The zero-order chi connectivity index (χ0) is 30.5. The molecular weight excluding hydrogens is 666 g/mol. The molecular formula is C20H25N10O8P2S3+. The second-order valence-corrected chi connectivity index (χ2v) is 16.0. The Kier molecular flexibility index (Phi) is 8.77. The van der Waals surface area contributed by atoms with Crippen LogP contribution in [0.4, 0.5) is 11.8 Å². The van der Waals surface area contributed by atoms with Gasteiger partial charge in [-0.05, 0) is 11.8 Å². The zero-order valence-corrected chi connectivity index (χ0v) is 26.1. The fourth-order valence-corrected chi connectivity index (χ4v) is 7.62. The van der Waals surface area contributed by atoms with Crippen LogP contribution in [-0.2, 0) is 46.7 Å². The SMILES string of the molecule is Nc1nc2c(ncn2[C@@H]2O[C@H](CO)C[C@H]2OP(O)(=S)OC[C@H]2O[C@@H](c3cnc4c(N)ncnn34)C[C@@H]2O[P+](=S)S)c(=O)[nH]1. The number of rotatable bonds is 10. The minimum Gasteiger partial charge on any atom is -0.394 e. The van der Waals surface area contributed by atoms with Gasteiger partial charge in [0.25, 0.3) is 5.56 Å². The van der Waals surface area contributed by atoms with E-state index < -0.39 is 55.2 Å². The van der Waals surface area contributed by atoms with Crippen LogP contribution in [0.3, 0.4) is 0 Å². The molecule has 2 unspecified atom stereocenters. The number of fused-ring (bicyclic) bond motifs is 2. The summed E-state index contributed by atoms with van der Waals surface area (Å²) in [4.78, 5) is 42.2. The minimum absolute atomic E-state index is 0.0219. The van der Waals surface area contributed by atoms with Crippen LogP contribution in [-0.4, -0.2) is 86.7 Å². The first-order valence-electron chi connectivity index (χ1n) is 12.6. The number of thiol groups is 1. The van der Waals surface area contributed by atoms with Gasteiger partial charge in [0.1, 0.15) is 43.0 Å².